The van der Waals surface area contributed by atoms with Crippen molar-refractivity contribution < 1.29 is 14.6 Å². The van der Waals surface area contributed by atoms with Crippen molar-refractivity contribution in [3.05, 3.63) is 65.2 Å². The molecule has 0 saturated carbocycles. The van der Waals surface area contributed by atoms with Gasteiger partial charge in [0.15, 0.2) is 6.54 Å². The summed E-state index contributed by atoms with van der Waals surface area (Å²) in [7, 11) is 0. The number of rotatable bonds is 5. The summed E-state index contributed by atoms with van der Waals surface area (Å²) in [6, 6.07) is 16.7. The highest BCUT2D eigenvalue weighted by molar-refractivity contribution is 5.92. The fourth-order valence-corrected chi connectivity index (χ4v) is 3.56. The van der Waals surface area contributed by atoms with Crippen LogP contribution in [-0.2, 0) is 11.3 Å². The van der Waals surface area contributed by atoms with Gasteiger partial charge in [-0.2, -0.15) is 0 Å². The lowest BCUT2D eigenvalue weighted by molar-refractivity contribution is -1.02. The van der Waals surface area contributed by atoms with E-state index in [1.807, 2.05) is 31.2 Å². The number of nitrogens with one attached hydrogen (secondary N) is 3. The van der Waals surface area contributed by atoms with E-state index in [-0.39, 0.29) is 5.91 Å². The molecule has 0 bridgehead atoms. The topological polar surface area (TPSA) is 38.0 Å². The third kappa shape index (κ3) is 5.15. The SMILES string of the molecule is Cc1cccc(C[NH+]2CC[NH+](CC(=O)Nc3ccccc3C)CC2)c1. The summed E-state index contributed by atoms with van der Waals surface area (Å²) >= 11 is 0. The van der Waals surface area contributed by atoms with Gasteiger partial charge in [-0.3, -0.25) is 4.79 Å². The molecular formula is C21H29N3O+2. The number of anilines is 1. The summed E-state index contributed by atoms with van der Waals surface area (Å²) in [4.78, 5) is 15.3. The highest BCUT2D eigenvalue weighted by atomic mass is 16.2. The summed E-state index contributed by atoms with van der Waals surface area (Å²) in [6.45, 7) is 10.2. The fourth-order valence-electron chi connectivity index (χ4n) is 3.56. The van der Waals surface area contributed by atoms with E-state index in [0.29, 0.717) is 6.54 Å². The van der Waals surface area contributed by atoms with Crippen LogP contribution < -0.4 is 15.1 Å². The van der Waals surface area contributed by atoms with Crippen LogP contribution >= 0.6 is 0 Å². The molecule has 0 atom stereocenters. The molecule has 2 aromatic carbocycles. The lowest BCUT2D eigenvalue weighted by atomic mass is 10.1. The van der Waals surface area contributed by atoms with Gasteiger partial charge >= 0.3 is 0 Å². The minimum absolute atomic E-state index is 0.117. The van der Waals surface area contributed by atoms with Gasteiger partial charge in [-0.05, 0) is 25.5 Å². The zero-order chi connectivity index (χ0) is 17.6. The van der Waals surface area contributed by atoms with Crippen molar-refractivity contribution in [2.45, 2.75) is 20.4 Å². The Labute approximate surface area is 150 Å². The van der Waals surface area contributed by atoms with Gasteiger partial charge in [-0.1, -0.05) is 48.0 Å². The minimum atomic E-state index is 0.117. The average molecular weight is 339 g/mol. The van der Waals surface area contributed by atoms with Crippen LogP contribution in [0.3, 0.4) is 0 Å². The number of hydrogen-bond donors (Lipinski definition) is 3. The summed E-state index contributed by atoms with van der Waals surface area (Å²) in [5.41, 5.74) is 4.78. The summed E-state index contributed by atoms with van der Waals surface area (Å²) in [5, 5.41) is 3.05. The molecule has 1 aliphatic heterocycles. The van der Waals surface area contributed by atoms with Gasteiger partial charge in [0.25, 0.3) is 5.91 Å². The molecular weight excluding hydrogens is 310 g/mol. The van der Waals surface area contributed by atoms with Crippen molar-refractivity contribution in [1.29, 1.82) is 0 Å². The summed E-state index contributed by atoms with van der Waals surface area (Å²) in [6.07, 6.45) is 0. The third-order valence-corrected chi connectivity index (χ3v) is 5.03. The molecule has 0 spiro atoms. The second-order valence-corrected chi connectivity index (χ2v) is 7.21. The van der Waals surface area contributed by atoms with E-state index in [0.717, 1.165) is 44.0 Å². The van der Waals surface area contributed by atoms with Crippen LogP contribution in [-0.4, -0.2) is 38.6 Å². The van der Waals surface area contributed by atoms with Crippen LogP contribution in [0.1, 0.15) is 16.7 Å². The maximum atomic E-state index is 12.3. The lowest BCUT2D eigenvalue weighted by Crippen LogP contribution is -3.28. The molecule has 3 rings (SSSR count). The standard InChI is InChI=1S/C21H27N3O/c1-17-6-5-8-19(14-17)15-23-10-12-24(13-11-23)16-21(25)22-20-9-4-3-7-18(20)2/h3-9,14H,10-13,15-16H2,1-2H3,(H,22,25)/p+2. The van der Waals surface area contributed by atoms with E-state index in [2.05, 4.69) is 36.5 Å². The molecule has 0 aromatic heterocycles. The minimum Gasteiger partial charge on any atom is -0.322 e. The van der Waals surface area contributed by atoms with Gasteiger partial charge in [-0.25, -0.2) is 0 Å². The number of hydrogen-bond acceptors (Lipinski definition) is 1. The van der Waals surface area contributed by atoms with E-state index in [9.17, 15) is 4.79 Å². The van der Waals surface area contributed by atoms with Crippen molar-refractivity contribution in [3.8, 4) is 0 Å². The molecule has 1 saturated heterocycles. The number of piperazine rings is 1. The van der Waals surface area contributed by atoms with Gasteiger partial charge in [0.2, 0.25) is 0 Å². The fraction of sp³-hybridized carbons (Fsp3) is 0.381. The first-order valence-electron chi connectivity index (χ1n) is 9.18. The molecule has 132 valence electrons. The number of benzene rings is 2. The predicted molar refractivity (Wildman–Crippen MR) is 101 cm³/mol. The molecule has 0 aliphatic carbocycles. The average Bonchev–Trinajstić information content (AvgIpc) is 2.59. The van der Waals surface area contributed by atoms with Gasteiger partial charge in [-0.15, -0.1) is 0 Å². The zero-order valence-electron chi connectivity index (χ0n) is 15.3. The highest BCUT2D eigenvalue weighted by Gasteiger charge is 2.25. The quantitative estimate of drug-likeness (QED) is 0.717. The number of aryl methyl sites for hydroxylation is 2. The molecule has 1 aliphatic rings. The number of para-hydroxylation sites is 1. The van der Waals surface area contributed by atoms with Crippen molar-refractivity contribution in [1.82, 2.24) is 0 Å². The Morgan fingerprint density at radius 2 is 1.68 bits per heavy atom. The number of carbonyl (C=O) groups is 1. The van der Waals surface area contributed by atoms with Crippen LogP contribution in [0.2, 0.25) is 0 Å². The molecule has 25 heavy (non-hydrogen) atoms. The van der Waals surface area contributed by atoms with Crippen molar-refractivity contribution >= 4 is 11.6 Å². The van der Waals surface area contributed by atoms with Gasteiger partial charge in [0.05, 0.1) is 0 Å². The molecule has 3 N–H and O–H groups in total. The molecule has 2 aromatic rings. The molecule has 0 radical (unpaired) electrons. The third-order valence-electron chi connectivity index (χ3n) is 5.03. The summed E-state index contributed by atoms with van der Waals surface area (Å²) < 4.78 is 0. The number of quaternary nitrogens is 2. The first-order valence-corrected chi connectivity index (χ1v) is 9.18. The van der Waals surface area contributed by atoms with Crippen LogP contribution in [0.4, 0.5) is 5.69 Å². The normalized spacial score (nSPS) is 20.2. The molecule has 4 heteroatoms. The second-order valence-electron chi connectivity index (χ2n) is 7.21. The Hall–Kier alpha value is -2.17. The molecule has 1 heterocycles. The highest BCUT2D eigenvalue weighted by Crippen LogP contribution is 2.12. The van der Waals surface area contributed by atoms with Gasteiger partial charge in [0.1, 0.15) is 32.7 Å². The van der Waals surface area contributed by atoms with Gasteiger partial charge in [0, 0.05) is 11.3 Å². The van der Waals surface area contributed by atoms with Crippen LogP contribution in [0.25, 0.3) is 0 Å². The zero-order valence-corrected chi connectivity index (χ0v) is 15.3. The smallest absolute Gasteiger partial charge is 0.279 e. The van der Waals surface area contributed by atoms with Crippen molar-refractivity contribution in [2.75, 3.05) is 38.0 Å². The van der Waals surface area contributed by atoms with Gasteiger partial charge < -0.3 is 15.1 Å². The van der Waals surface area contributed by atoms with Crippen molar-refractivity contribution in [3.63, 3.8) is 0 Å². The molecule has 0 unspecified atom stereocenters. The molecule has 1 amide bonds. The second kappa shape index (κ2) is 8.28. The maximum Gasteiger partial charge on any atom is 0.279 e. The predicted octanol–water partition coefficient (Wildman–Crippen LogP) is 0.226. The largest absolute Gasteiger partial charge is 0.322 e. The lowest BCUT2D eigenvalue weighted by Gasteiger charge is -2.29. The van der Waals surface area contributed by atoms with E-state index in [1.54, 1.807) is 4.90 Å². The number of amides is 1. The Kier molecular flexibility index (Phi) is 5.84. The Morgan fingerprint density at radius 3 is 2.40 bits per heavy atom. The molecule has 4 nitrogen and oxygen atoms in total. The Balaban J connectivity index is 1.44. The van der Waals surface area contributed by atoms with E-state index in [1.165, 1.54) is 16.0 Å². The first-order chi connectivity index (χ1) is 12.1. The van der Waals surface area contributed by atoms with Crippen LogP contribution in [0.15, 0.2) is 48.5 Å². The monoisotopic (exact) mass is 339 g/mol. The number of carbonyl (C=O) groups excluding carboxylic acids is 1. The maximum absolute atomic E-state index is 12.3. The Bertz CT molecular complexity index is 721. The van der Waals surface area contributed by atoms with Crippen molar-refractivity contribution in [2.24, 2.45) is 0 Å². The molecule has 1 fully saturated rings. The van der Waals surface area contributed by atoms with Crippen LogP contribution in [0.5, 0.6) is 0 Å². The van der Waals surface area contributed by atoms with Crippen LogP contribution in [0, 0.1) is 13.8 Å². The van der Waals surface area contributed by atoms with E-state index >= 15 is 0 Å². The Morgan fingerprint density at radius 1 is 0.960 bits per heavy atom. The van der Waals surface area contributed by atoms with E-state index < -0.39 is 0 Å². The van der Waals surface area contributed by atoms with E-state index in [4.69, 9.17) is 0 Å². The summed E-state index contributed by atoms with van der Waals surface area (Å²) in [5.74, 6) is 0.117. The first kappa shape index (κ1) is 17.6.